The molecule has 0 heterocycles. The Hall–Kier alpha value is -2.82. The minimum atomic E-state index is -0.139. The lowest BCUT2D eigenvalue weighted by Gasteiger charge is -2.10. The Bertz CT molecular complexity index is 752. The van der Waals surface area contributed by atoms with E-state index in [1.807, 2.05) is 36.4 Å². The quantitative estimate of drug-likeness (QED) is 0.815. The predicted octanol–water partition coefficient (Wildman–Crippen LogP) is 2.65. The summed E-state index contributed by atoms with van der Waals surface area (Å²) >= 11 is 0. The molecule has 0 unspecified atom stereocenters. The van der Waals surface area contributed by atoms with Gasteiger partial charge in [-0.3, -0.25) is 9.59 Å². The minimum absolute atomic E-state index is 0.124. The first-order valence-electron chi connectivity index (χ1n) is 8.44. The van der Waals surface area contributed by atoms with Crippen LogP contribution >= 0.6 is 0 Å². The maximum absolute atomic E-state index is 12.3. The second-order valence-corrected chi connectivity index (χ2v) is 6.18. The van der Waals surface area contributed by atoms with Crippen molar-refractivity contribution < 1.29 is 14.3 Å². The Morgan fingerprint density at radius 3 is 2.40 bits per heavy atom. The van der Waals surface area contributed by atoms with Crippen LogP contribution in [-0.4, -0.2) is 18.9 Å². The number of carbonyl (C=O) groups is 2. The first-order valence-corrected chi connectivity index (χ1v) is 8.44. The lowest BCUT2D eigenvalue weighted by Crippen LogP contribution is -2.24. The van der Waals surface area contributed by atoms with E-state index in [4.69, 9.17) is 4.74 Å². The van der Waals surface area contributed by atoms with E-state index in [2.05, 4.69) is 10.6 Å². The number of rotatable bonds is 7. The number of methoxy groups -OCH3 is 1. The summed E-state index contributed by atoms with van der Waals surface area (Å²) in [5.41, 5.74) is 2.50. The van der Waals surface area contributed by atoms with Crippen molar-refractivity contribution in [2.45, 2.75) is 25.9 Å². The van der Waals surface area contributed by atoms with E-state index in [1.54, 1.807) is 19.2 Å². The van der Waals surface area contributed by atoms with Gasteiger partial charge in [0.2, 0.25) is 5.91 Å². The second-order valence-electron chi connectivity index (χ2n) is 6.18. The lowest BCUT2D eigenvalue weighted by molar-refractivity contribution is -0.122. The third-order valence-corrected chi connectivity index (χ3v) is 4.26. The molecule has 2 aromatic carbocycles. The summed E-state index contributed by atoms with van der Waals surface area (Å²) in [6, 6.07) is 14.9. The summed E-state index contributed by atoms with van der Waals surface area (Å²) in [7, 11) is 1.61. The van der Waals surface area contributed by atoms with Gasteiger partial charge in [-0.25, -0.2) is 0 Å². The fourth-order valence-electron chi connectivity index (χ4n) is 2.58. The van der Waals surface area contributed by atoms with Crippen LogP contribution in [0.3, 0.4) is 0 Å². The molecule has 25 heavy (non-hydrogen) atoms. The van der Waals surface area contributed by atoms with E-state index >= 15 is 0 Å². The van der Waals surface area contributed by atoms with Crippen LogP contribution in [0.1, 0.15) is 34.3 Å². The molecule has 0 aromatic heterocycles. The third-order valence-electron chi connectivity index (χ3n) is 4.26. The van der Waals surface area contributed by atoms with Crippen molar-refractivity contribution in [2.24, 2.45) is 5.92 Å². The van der Waals surface area contributed by atoms with Crippen molar-refractivity contribution in [1.29, 1.82) is 0 Å². The SMILES string of the molecule is COc1ccccc1CNC(=O)c1ccc(CNC(=O)C2CC2)cc1. The molecule has 2 N–H and O–H groups in total. The zero-order chi connectivity index (χ0) is 17.6. The van der Waals surface area contributed by atoms with Crippen molar-refractivity contribution in [2.75, 3.05) is 7.11 Å². The predicted molar refractivity (Wildman–Crippen MR) is 95.2 cm³/mol. The molecule has 1 fully saturated rings. The van der Waals surface area contributed by atoms with Crippen LogP contribution in [0.5, 0.6) is 5.75 Å². The lowest BCUT2D eigenvalue weighted by atomic mass is 10.1. The number of carbonyl (C=O) groups excluding carboxylic acids is 2. The summed E-state index contributed by atoms with van der Waals surface area (Å²) in [6.45, 7) is 0.903. The van der Waals surface area contributed by atoms with Crippen molar-refractivity contribution in [3.05, 3.63) is 65.2 Å². The maximum atomic E-state index is 12.3. The Kier molecular flexibility index (Phi) is 5.33. The van der Waals surface area contributed by atoms with Crippen LogP contribution < -0.4 is 15.4 Å². The van der Waals surface area contributed by atoms with Crippen LogP contribution in [-0.2, 0) is 17.9 Å². The molecule has 0 atom stereocenters. The Morgan fingerprint density at radius 2 is 1.72 bits per heavy atom. The highest BCUT2D eigenvalue weighted by atomic mass is 16.5. The molecular formula is C20H22N2O3. The molecule has 2 amide bonds. The fraction of sp³-hybridized carbons (Fsp3) is 0.300. The van der Waals surface area contributed by atoms with E-state index in [1.165, 1.54) is 0 Å². The van der Waals surface area contributed by atoms with Gasteiger partial charge in [-0.2, -0.15) is 0 Å². The largest absolute Gasteiger partial charge is 0.496 e. The van der Waals surface area contributed by atoms with Crippen LogP contribution in [0, 0.1) is 5.92 Å². The fourth-order valence-corrected chi connectivity index (χ4v) is 2.58. The highest BCUT2D eigenvalue weighted by Crippen LogP contribution is 2.28. The molecule has 1 saturated carbocycles. The van der Waals surface area contributed by atoms with Gasteiger partial charge in [0.05, 0.1) is 7.11 Å². The molecule has 130 valence electrons. The van der Waals surface area contributed by atoms with Crippen LogP contribution in [0.25, 0.3) is 0 Å². The normalized spacial score (nSPS) is 13.2. The van der Waals surface area contributed by atoms with Gasteiger partial charge in [-0.1, -0.05) is 30.3 Å². The first-order chi connectivity index (χ1) is 12.2. The number of benzene rings is 2. The van der Waals surface area contributed by atoms with Crippen molar-refractivity contribution in [3.63, 3.8) is 0 Å². The van der Waals surface area contributed by atoms with Crippen LogP contribution in [0.15, 0.2) is 48.5 Å². The molecule has 1 aliphatic carbocycles. The average molecular weight is 338 g/mol. The number of hydrogen-bond acceptors (Lipinski definition) is 3. The topological polar surface area (TPSA) is 67.4 Å². The summed E-state index contributed by atoms with van der Waals surface area (Å²) < 4.78 is 5.28. The molecule has 0 spiro atoms. The molecule has 0 bridgehead atoms. The molecule has 0 radical (unpaired) electrons. The smallest absolute Gasteiger partial charge is 0.251 e. The van der Waals surface area contributed by atoms with E-state index in [-0.39, 0.29) is 17.7 Å². The maximum Gasteiger partial charge on any atom is 0.251 e. The number of nitrogens with one attached hydrogen (secondary N) is 2. The molecule has 3 rings (SSSR count). The van der Waals surface area contributed by atoms with Gasteiger partial charge in [-0.05, 0) is 36.6 Å². The number of ether oxygens (including phenoxy) is 1. The molecule has 2 aromatic rings. The first kappa shape index (κ1) is 17.0. The van der Waals surface area contributed by atoms with E-state index in [0.717, 1.165) is 29.7 Å². The monoisotopic (exact) mass is 338 g/mol. The molecule has 5 nitrogen and oxygen atoms in total. The van der Waals surface area contributed by atoms with Crippen LogP contribution in [0.4, 0.5) is 0 Å². The number of amides is 2. The number of para-hydroxylation sites is 1. The van der Waals surface area contributed by atoms with Crippen molar-refractivity contribution >= 4 is 11.8 Å². The summed E-state index contributed by atoms with van der Waals surface area (Å²) in [5, 5.41) is 5.81. The number of hydrogen-bond donors (Lipinski definition) is 2. The molecule has 5 heteroatoms. The second kappa shape index (κ2) is 7.83. The van der Waals surface area contributed by atoms with E-state index in [0.29, 0.717) is 18.7 Å². The Labute approximate surface area is 147 Å². The molecular weight excluding hydrogens is 316 g/mol. The standard InChI is InChI=1S/C20H22N2O3/c1-25-18-5-3-2-4-17(18)13-22-20(24)15-8-6-14(7-9-15)12-21-19(23)16-10-11-16/h2-9,16H,10-13H2,1H3,(H,21,23)(H,22,24). The van der Waals surface area contributed by atoms with Gasteiger partial charge >= 0.3 is 0 Å². The highest BCUT2D eigenvalue weighted by molar-refractivity contribution is 5.94. The van der Waals surface area contributed by atoms with Gasteiger partial charge in [0.1, 0.15) is 5.75 Å². The van der Waals surface area contributed by atoms with Gasteiger partial charge in [-0.15, -0.1) is 0 Å². The van der Waals surface area contributed by atoms with Crippen molar-refractivity contribution in [1.82, 2.24) is 10.6 Å². The van der Waals surface area contributed by atoms with Crippen LogP contribution in [0.2, 0.25) is 0 Å². The third kappa shape index (κ3) is 4.59. The van der Waals surface area contributed by atoms with Gasteiger partial charge in [0.25, 0.3) is 5.91 Å². The Morgan fingerprint density at radius 1 is 1.00 bits per heavy atom. The average Bonchev–Trinajstić information content (AvgIpc) is 3.50. The van der Waals surface area contributed by atoms with Gasteiger partial charge in [0, 0.05) is 30.1 Å². The minimum Gasteiger partial charge on any atom is -0.496 e. The molecule has 1 aliphatic rings. The molecule has 0 saturated heterocycles. The zero-order valence-electron chi connectivity index (χ0n) is 14.2. The summed E-state index contributed by atoms with van der Waals surface area (Å²) in [6.07, 6.45) is 1.99. The highest BCUT2D eigenvalue weighted by Gasteiger charge is 2.29. The summed E-state index contributed by atoms with van der Waals surface area (Å²) in [5.74, 6) is 0.947. The summed E-state index contributed by atoms with van der Waals surface area (Å²) in [4.78, 5) is 23.9. The van der Waals surface area contributed by atoms with Crippen molar-refractivity contribution in [3.8, 4) is 5.75 Å². The van der Waals surface area contributed by atoms with Gasteiger partial charge < -0.3 is 15.4 Å². The van der Waals surface area contributed by atoms with E-state index < -0.39 is 0 Å². The van der Waals surface area contributed by atoms with E-state index in [9.17, 15) is 9.59 Å². The molecule has 0 aliphatic heterocycles. The van der Waals surface area contributed by atoms with Gasteiger partial charge in [0.15, 0.2) is 0 Å². The Balaban J connectivity index is 1.52. The zero-order valence-corrected chi connectivity index (χ0v) is 14.2.